The second kappa shape index (κ2) is 9.89. The topological polar surface area (TPSA) is 95.9 Å². The highest BCUT2D eigenvalue weighted by molar-refractivity contribution is 6.32. The molecule has 0 aliphatic carbocycles. The van der Waals surface area contributed by atoms with Gasteiger partial charge in [0, 0.05) is 75.1 Å². The summed E-state index contributed by atoms with van der Waals surface area (Å²) in [5, 5.41) is 27.6. The van der Waals surface area contributed by atoms with Crippen molar-refractivity contribution < 1.29 is 15.0 Å². The number of nitrogens with one attached hydrogen (secondary N) is 1. The zero-order valence-corrected chi connectivity index (χ0v) is 20.6. The fourth-order valence-corrected chi connectivity index (χ4v) is 4.95. The van der Waals surface area contributed by atoms with Crippen molar-refractivity contribution in [2.75, 3.05) is 39.8 Å². The van der Waals surface area contributed by atoms with Crippen LogP contribution in [0.2, 0.25) is 5.02 Å². The Balaban J connectivity index is 1.24. The lowest BCUT2D eigenvalue weighted by atomic mass is 9.99. The summed E-state index contributed by atoms with van der Waals surface area (Å²) in [7, 11) is 2.16. The molecule has 1 saturated heterocycles. The molecule has 3 heterocycles. The number of fused-ring (bicyclic) bond motifs is 1. The van der Waals surface area contributed by atoms with Crippen LogP contribution in [-0.4, -0.2) is 80.8 Å². The molecule has 0 radical (unpaired) electrons. The number of phenols is 2. The first-order valence-electron chi connectivity index (χ1n) is 11.9. The number of nitrogens with zero attached hydrogens (tertiary/aromatic N) is 4. The molecule has 5 rings (SSSR count). The first kappa shape index (κ1) is 23.7. The first-order chi connectivity index (χ1) is 16.9. The van der Waals surface area contributed by atoms with Crippen LogP contribution in [0.5, 0.6) is 11.5 Å². The maximum atomic E-state index is 13.1. The standard InChI is InChI=1S/C26H30ClN5O3/c1-30-8-10-31(11-9-30)15-18-4-2-17(3-5-18)12-25(35)32-7-6-22-20(16-32)26(29-28-22)19-13-21(27)24(34)14-23(19)33/h2-5,13-14,33-34H,6-12,15-16H2,1H3,(H,28,29). The van der Waals surface area contributed by atoms with Crippen LogP contribution < -0.4 is 0 Å². The fraction of sp³-hybridized carbons (Fsp3) is 0.385. The van der Waals surface area contributed by atoms with E-state index in [4.69, 9.17) is 11.6 Å². The summed E-state index contributed by atoms with van der Waals surface area (Å²) < 4.78 is 0. The SMILES string of the molecule is CN1CCN(Cc2ccc(CC(=O)N3CCc4[nH]nc(-c5cc(Cl)c(O)cc5O)c4C3)cc2)CC1. The van der Waals surface area contributed by atoms with Crippen LogP contribution in [0, 0.1) is 0 Å². The lowest BCUT2D eigenvalue weighted by molar-refractivity contribution is -0.131. The quantitative estimate of drug-likeness (QED) is 0.503. The Bertz CT molecular complexity index is 1220. The van der Waals surface area contributed by atoms with Crippen molar-refractivity contribution in [3.8, 4) is 22.8 Å². The second-order valence-electron chi connectivity index (χ2n) is 9.49. The number of hydrogen-bond acceptors (Lipinski definition) is 6. The summed E-state index contributed by atoms with van der Waals surface area (Å²) in [6, 6.07) is 11.1. The van der Waals surface area contributed by atoms with Gasteiger partial charge in [-0.2, -0.15) is 5.10 Å². The van der Waals surface area contributed by atoms with Crippen molar-refractivity contribution in [2.45, 2.75) is 25.9 Å². The molecule has 2 aliphatic heterocycles. The molecule has 3 aromatic rings. The molecule has 8 nitrogen and oxygen atoms in total. The van der Waals surface area contributed by atoms with Gasteiger partial charge in [0.1, 0.15) is 17.2 Å². The summed E-state index contributed by atoms with van der Waals surface area (Å²) in [5.41, 5.74) is 5.05. The van der Waals surface area contributed by atoms with Crippen molar-refractivity contribution in [3.05, 3.63) is 63.8 Å². The van der Waals surface area contributed by atoms with Crippen molar-refractivity contribution in [3.63, 3.8) is 0 Å². The van der Waals surface area contributed by atoms with Crippen molar-refractivity contribution in [1.29, 1.82) is 0 Å². The number of amides is 1. The number of carbonyl (C=O) groups is 1. The van der Waals surface area contributed by atoms with Crippen molar-refractivity contribution in [2.24, 2.45) is 0 Å². The van der Waals surface area contributed by atoms with Crippen LogP contribution in [0.3, 0.4) is 0 Å². The van der Waals surface area contributed by atoms with Gasteiger partial charge in [-0.3, -0.25) is 14.8 Å². The number of benzene rings is 2. The molecule has 0 bridgehead atoms. The molecular formula is C26H30ClN5O3. The van der Waals surface area contributed by atoms with Gasteiger partial charge in [0.25, 0.3) is 0 Å². The smallest absolute Gasteiger partial charge is 0.227 e. The molecule has 1 aromatic heterocycles. The number of aromatic nitrogens is 2. The predicted molar refractivity (Wildman–Crippen MR) is 134 cm³/mol. The Labute approximate surface area is 209 Å². The third-order valence-corrected chi connectivity index (χ3v) is 7.29. The zero-order valence-electron chi connectivity index (χ0n) is 19.8. The van der Waals surface area contributed by atoms with Crippen LogP contribution in [0.1, 0.15) is 22.4 Å². The Morgan fingerprint density at radius 2 is 1.74 bits per heavy atom. The van der Waals surface area contributed by atoms with Crippen LogP contribution >= 0.6 is 11.6 Å². The number of rotatable bonds is 5. The normalized spacial score (nSPS) is 16.9. The highest BCUT2D eigenvalue weighted by Gasteiger charge is 2.27. The minimum atomic E-state index is -0.191. The average Bonchev–Trinajstić information content (AvgIpc) is 3.27. The number of phenolic OH excluding ortho intramolecular Hbond substituents is 2. The zero-order chi connectivity index (χ0) is 24.5. The molecule has 2 aliphatic rings. The number of carbonyl (C=O) groups excluding carboxylic acids is 1. The maximum absolute atomic E-state index is 13.1. The number of likely N-dealkylation sites (N-methyl/N-ethyl adjacent to an activating group) is 1. The minimum absolute atomic E-state index is 0.0579. The second-order valence-corrected chi connectivity index (χ2v) is 9.90. The van der Waals surface area contributed by atoms with Gasteiger partial charge in [0.05, 0.1) is 11.4 Å². The summed E-state index contributed by atoms with van der Waals surface area (Å²) in [5.74, 6) is -0.243. The van der Waals surface area contributed by atoms with Gasteiger partial charge in [-0.05, 0) is 24.2 Å². The van der Waals surface area contributed by atoms with E-state index in [0.29, 0.717) is 37.2 Å². The Morgan fingerprint density at radius 3 is 2.49 bits per heavy atom. The summed E-state index contributed by atoms with van der Waals surface area (Å²) in [4.78, 5) is 19.8. The van der Waals surface area contributed by atoms with Crippen LogP contribution in [0.25, 0.3) is 11.3 Å². The van der Waals surface area contributed by atoms with E-state index < -0.39 is 0 Å². The highest BCUT2D eigenvalue weighted by atomic mass is 35.5. The molecular weight excluding hydrogens is 466 g/mol. The number of hydrogen-bond donors (Lipinski definition) is 3. The van der Waals surface area contributed by atoms with Crippen LogP contribution in [0.4, 0.5) is 0 Å². The molecule has 0 unspecified atom stereocenters. The van der Waals surface area contributed by atoms with Crippen molar-refractivity contribution >= 4 is 17.5 Å². The Hall–Kier alpha value is -3.07. The molecule has 184 valence electrons. The van der Waals surface area contributed by atoms with Gasteiger partial charge >= 0.3 is 0 Å². The van der Waals surface area contributed by atoms with Gasteiger partial charge in [0.2, 0.25) is 5.91 Å². The number of halogens is 1. The summed E-state index contributed by atoms with van der Waals surface area (Å²) in [6.07, 6.45) is 0.998. The lowest BCUT2D eigenvalue weighted by Gasteiger charge is -2.32. The first-order valence-corrected chi connectivity index (χ1v) is 12.3. The minimum Gasteiger partial charge on any atom is -0.507 e. The molecule has 3 N–H and O–H groups in total. The van der Waals surface area contributed by atoms with Gasteiger partial charge in [-0.15, -0.1) is 0 Å². The lowest BCUT2D eigenvalue weighted by Crippen LogP contribution is -2.43. The van der Waals surface area contributed by atoms with E-state index in [-0.39, 0.29) is 22.4 Å². The van der Waals surface area contributed by atoms with E-state index in [1.165, 1.54) is 17.7 Å². The fourth-order valence-electron chi connectivity index (χ4n) is 4.78. The molecule has 2 aromatic carbocycles. The van der Waals surface area contributed by atoms with Crippen molar-refractivity contribution in [1.82, 2.24) is 24.9 Å². The van der Waals surface area contributed by atoms with E-state index in [0.717, 1.165) is 49.5 Å². The molecule has 0 saturated carbocycles. The summed E-state index contributed by atoms with van der Waals surface area (Å²) in [6.45, 7) is 6.31. The van der Waals surface area contributed by atoms with E-state index in [2.05, 4.69) is 51.3 Å². The number of H-pyrrole nitrogens is 1. The molecule has 1 amide bonds. The van der Waals surface area contributed by atoms with Gasteiger partial charge in [0.15, 0.2) is 0 Å². The molecule has 0 spiro atoms. The Morgan fingerprint density at radius 1 is 1.03 bits per heavy atom. The van der Waals surface area contributed by atoms with E-state index in [9.17, 15) is 15.0 Å². The van der Waals surface area contributed by atoms with Gasteiger partial charge in [-0.25, -0.2) is 0 Å². The Kier molecular flexibility index (Phi) is 6.69. The highest BCUT2D eigenvalue weighted by Crippen LogP contribution is 2.39. The largest absolute Gasteiger partial charge is 0.507 e. The van der Waals surface area contributed by atoms with E-state index in [1.807, 2.05) is 4.90 Å². The number of aromatic amines is 1. The third-order valence-electron chi connectivity index (χ3n) is 6.99. The van der Waals surface area contributed by atoms with Crippen LogP contribution in [-0.2, 0) is 30.7 Å². The van der Waals surface area contributed by atoms with Gasteiger partial charge in [-0.1, -0.05) is 35.9 Å². The van der Waals surface area contributed by atoms with E-state index >= 15 is 0 Å². The molecule has 1 fully saturated rings. The summed E-state index contributed by atoms with van der Waals surface area (Å²) >= 11 is 6.06. The molecule has 0 atom stereocenters. The van der Waals surface area contributed by atoms with Gasteiger partial charge < -0.3 is 20.0 Å². The number of piperazine rings is 1. The monoisotopic (exact) mass is 495 g/mol. The molecule has 35 heavy (non-hydrogen) atoms. The van der Waals surface area contributed by atoms with E-state index in [1.54, 1.807) is 0 Å². The third kappa shape index (κ3) is 5.15. The maximum Gasteiger partial charge on any atom is 0.227 e. The predicted octanol–water partition coefficient (Wildman–Crippen LogP) is 3.02. The number of aromatic hydroxyl groups is 2. The van der Waals surface area contributed by atoms with Crippen LogP contribution in [0.15, 0.2) is 36.4 Å². The molecule has 9 heteroatoms. The average molecular weight is 496 g/mol.